The average Bonchev–Trinajstić information content (AvgIpc) is 3.53. The lowest BCUT2D eigenvalue weighted by atomic mass is 9.87. The minimum absolute atomic E-state index is 0.298. The number of pyridine rings is 1. The fraction of sp³-hybridized carbons (Fsp3) is 0.483. The monoisotopic (exact) mass is 550 g/mol. The highest BCUT2D eigenvalue weighted by Crippen LogP contribution is 2.38. The van der Waals surface area contributed by atoms with Crippen molar-refractivity contribution in [3.05, 3.63) is 53.5 Å². The number of aromatic amines is 1. The first-order valence-corrected chi connectivity index (χ1v) is 15.4. The van der Waals surface area contributed by atoms with Crippen LogP contribution in [0.4, 0.5) is 0 Å². The average molecular weight is 551 g/mol. The molecule has 3 aromatic heterocycles. The summed E-state index contributed by atoms with van der Waals surface area (Å²) in [6.45, 7) is 12.0. The first kappa shape index (κ1) is 27.3. The number of likely N-dealkylation sites (tertiary alicyclic amines) is 1. The van der Waals surface area contributed by atoms with E-state index in [9.17, 15) is 13.2 Å². The summed E-state index contributed by atoms with van der Waals surface area (Å²) in [6, 6.07) is 8.81. The second-order valence-electron chi connectivity index (χ2n) is 10.8. The number of carbonyl (C=O) groups excluding carboxylic acids is 1. The van der Waals surface area contributed by atoms with E-state index in [1.54, 1.807) is 25.1 Å². The largest absolute Gasteiger partial charge is 0.354 e. The number of sulfonamides is 1. The van der Waals surface area contributed by atoms with Gasteiger partial charge in [0.25, 0.3) is 0 Å². The van der Waals surface area contributed by atoms with Gasteiger partial charge >= 0.3 is 0 Å². The van der Waals surface area contributed by atoms with E-state index in [4.69, 9.17) is 0 Å². The van der Waals surface area contributed by atoms with Crippen LogP contribution in [0.3, 0.4) is 0 Å². The van der Waals surface area contributed by atoms with Gasteiger partial charge in [0.05, 0.1) is 5.69 Å². The number of aromatic nitrogens is 4. The highest BCUT2D eigenvalue weighted by atomic mass is 32.2. The highest BCUT2D eigenvalue weighted by Gasteiger charge is 2.29. The molecule has 39 heavy (non-hydrogen) atoms. The third-order valence-corrected chi connectivity index (χ3v) is 9.93. The Labute approximate surface area is 230 Å². The number of nitrogens with one attached hydrogen (secondary N) is 1. The van der Waals surface area contributed by atoms with Crippen LogP contribution in [0, 0.1) is 6.92 Å². The zero-order valence-corrected chi connectivity index (χ0v) is 24.3. The molecule has 4 aromatic rings. The van der Waals surface area contributed by atoms with Crippen molar-refractivity contribution in [1.29, 1.82) is 0 Å². The molecule has 0 atom stereocenters. The number of rotatable bonds is 8. The molecule has 0 bridgehead atoms. The van der Waals surface area contributed by atoms with Gasteiger partial charge in [0.1, 0.15) is 12.1 Å². The van der Waals surface area contributed by atoms with E-state index in [1.165, 1.54) is 20.8 Å². The summed E-state index contributed by atoms with van der Waals surface area (Å²) < 4.78 is 28.4. The van der Waals surface area contributed by atoms with Crippen LogP contribution in [0.15, 0.2) is 36.8 Å². The molecule has 1 aromatic carbocycles. The number of benzene rings is 1. The van der Waals surface area contributed by atoms with Crippen LogP contribution in [-0.4, -0.2) is 75.0 Å². The number of H-pyrrole nitrogens is 1. The van der Waals surface area contributed by atoms with Crippen molar-refractivity contribution in [3.63, 3.8) is 0 Å². The molecule has 0 saturated carbocycles. The lowest BCUT2D eigenvalue weighted by Gasteiger charge is -2.32. The van der Waals surface area contributed by atoms with Gasteiger partial charge in [-0.1, -0.05) is 33.8 Å². The Balaban J connectivity index is 1.37. The molecule has 0 radical (unpaired) electrons. The third-order valence-electron chi connectivity index (χ3n) is 8.01. The third kappa shape index (κ3) is 5.19. The van der Waals surface area contributed by atoms with Crippen molar-refractivity contribution >= 4 is 32.5 Å². The summed E-state index contributed by atoms with van der Waals surface area (Å²) in [7, 11) is -3.58. The van der Waals surface area contributed by atoms with Crippen molar-refractivity contribution < 1.29 is 13.2 Å². The maximum atomic E-state index is 12.8. The van der Waals surface area contributed by atoms with Gasteiger partial charge < -0.3 is 9.88 Å². The Hall–Kier alpha value is -3.24. The Morgan fingerprint density at radius 1 is 1.15 bits per heavy atom. The fourth-order valence-corrected chi connectivity index (χ4v) is 7.42. The number of piperidine rings is 1. The van der Waals surface area contributed by atoms with Gasteiger partial charge in [0.2, 0.25) is 15.9 Å². The Bertz CT molecular complexity index is 1610. The molecule has 0 unspecified atom stereocenters. The maximum Gasteiger partial charge on any atom is 0.239 e. The summed E-state index contributed by atoms with van der Waals surface area (Å²) in [5.41, 5.74) is 7.76. The summed E-state index contributed by atoms with van der Waals surface area (Å²) in [6.07, 6.45) is 5.24. The number of hydrogen-bond donors (Lipinski definition) is 1. The van der Waals surface area contributed by atoms with Crippen LogP contribution in [0.1, 0.15) is 69.1 Å². The zero-order valence-electron chi connectivity index (χ0n) is 23.4. The number of amides is 1. The van der Waals surface area contributed by atoms with E-state index in [2.05, 4.69) is 60.1 Å². The Morgan fingerprint density at radius 3 is 2.54 bits per heavy atom. The summed E-state index contributed by atoms with van der Waals surface area (Å²) in [4.78, 5) is 22.5. The van der Waals surface area contributed by atoms with E-state index < -0.39 is 15.8 Å². The summed E-state index contributed by atoms with van der Waals surface area (Å²) >= 11 is 0. The Morgan fingerprint density at radius 2 is 1.87 bits per heavy atom. The second-order valence-corrected chi connectivity index (χ2v) is 12.8. The van der Waals surface area contributed by atoms with Crippen LogP contribution in [0.5, 0.6) is 0 Å². The molecule has 1 aliphatic rings. The van der Waals surface area contributed by atoms with Gasteiger partial charge in [-0.25, -0.2) is 22.2 Å². The van der Waals surface area contributed by atoms with Crippen molar-refractivity contribution in [1.82, 2.24) is 28.8 Å². The van der Waals surface area contributed by atoms with Crippen molar-refractivity contribution in [3.8, 4) is 11.3 Å². The second kappa shape index (κ2) is 10.7. The number of fused-ring (bicyclic) bond motifs is 2. The Kier molecular flexibility index (Phi) is 7.52. The molecule has 4 heterocycles. The first-order valence-electron chi connectivity index (χ1n) is 13.8. The molecule has 0 spiro atoms. The van der Waals surface area contributed by atoms with Crippen LogP contribution < -0.4 is 0 Å². The summed E-state index contributed by atoms with van der Waals surface area (Å²) in [5, 5.41) is 5.57. The van der Waals surface area contributed by atoms with Crippen LogP contribution in [-0.2, 0) is 14.8 Å². The van der Waals surface area contributed by atoms with E-state index in [0.717, 1.165) is 40.8 Å². The van der Waals surface area contributed by atoms with E-state index in [0.29, 0.717) is 38.0 Å². The number of carbonyl (C=O) groups is 1. The number of nitrogens with zero attached hydrogens (tertiary/aromatic N) is 5. The van der Waals surface area contributed by atoms with Gasteiger partial charge in [0, 0.05) is 48.8 Å². The lowest BCUT2D eigenvalue weighted by Crippen LogP contribution is -2.44. The normalized spacial score (nSPS) is 15.3. The zero-order chi connectivity index (χ0) is 27.9. The van der Waals surface area contributed by atoms with Gasteiger partial charge in [-0.15, -0.1) is 0 Å². The molecule has 1 aliphatic heterocycles. The molecule has 208 valence electrons. The standard InChI is InChI=1S/C29H38N6O3S/c1-6-34(7-2)39(37,38)17-26(36)33-12-10-21(11-13-33)22-8-9-25-24(15-22)27(19(3)4)28(32-25)23-14-20(5)29-30-18-31-35(29)16-23/h8-9,14-16,18-19,21,32H,6-7,10-13,17H2,1-5H3. The molecule has 5 rings (SSSR count). The van der Waals surface area contributed by atoms with Gasteiger partial charge in [-0.3, -0.25) is 4.79 Å². The van der Waals surface area contributed by atoms with E-state index in [1.807, 2.05) is 10.7 Å². The summed E-state index contributed by atoms with van der Waals surface area (Å²) in [5.74, 6) is -0.115. The van der Waals surface area contributed by atoms with Crippen LogP contribution >= 0.6 is 0 Å². The minimum atomic E-state index is -3.58. The van der Waals surface area contributed by atoms with Crippen LogP contribution in [0.2, 0.25) is 0 Å². The van der Waals surface area contributed by atoms with E-state index in [-0.39, 0.29) is 5.91 Å². The predicted octanol–water partition coefficient (Wildman–Crippen LogP) is 4.69. The molecule has 1 amide bonds. The van der Waals surface area contributed by atoms with Gasteiger partial charge in [-0.2, -0.15) is 5.10 Å². The van der Waals surface area contributed by atoms with E-state index >= 15 is 0 Å². The highest BCUT2D eigenvalue weighted by molar-refractivity contribution is 7.89. The smallest absolute Gasteiger partial charge is 0.239 e. The van der Waals surface area contributed by atoms with Gasteiger partial charge in [0.15, 0.2) is 5.65 Å². The molecule has 1 saturated heterocycles. The van der Waals surface area contributed by atoms with Crippen molar-refractivity contribution in [2.24, 2.45) is 0 Å². The predicted molar refractivity (Wildman–Crippen MR) is 154 cm³/mol. The fourth-order valence-electron chi connectivity index (χ4n) is 5.96. The minimum Gasteiger partial charge on any atom is -0.354 e. The number of aryl methyl sites for hydroxylation is 1. The number of hydrogen-bond acceptors (Lipinski definition) is 5. The first-order chi connectivity index (χ1) is 18.6. The molecule has 1 N–H and O–H groups in total. The molecule has 0 aliphatic carbocycles. The lowest BCUT2D eigenvalue weighted by molar-refractivity contribution is -0.129. The maximum absolute atomic E-state index is 12.8. The molecular formula is C29H38N6O3S. The molecular weight excluding hydrogens is 512 g/mol. The molecule has 9 nitrogen and oxygen atoms in total. The SMILES string of the molecule is CCN(CC)S(=O)(=O)CC(=O)N1CCC(c2ccc3[nH]c(-c4cc(C)c5ncnn5c4)c(C(C)C)c3c2)CC1. The van der Waals surface area contributed by atoms with Gasteiger partial charge in [-0.05, 0) is 66.5 Å². The van der Waals surface area contributed by atoms with Crippen LogP contribution in [0.25, 0.3) is 27.8 Å². The topological polar surface area (TPSA) is 104 Å². The molecule has 10 heteroatoms. The molecule has 1 fully saturated rings. The van der Waals surface area contributed by atoms with Crippen molar-refractivity contribution in [2.75, 3.05) is 31.9 Å². The quantitative estimate of drug-likeness (QED) is 0.343. The van der Waals surface area contributed by atoms with Crippen molar-refractivity contribution in [2.45, 2.75) is 59.3 Å².